The lowest BCUT2D eigenvalue weighted by Gasteiger charge is -2.18. The van der Waals surface area contributed by atoms with E-state index < -0.39 is 0 Å². The fraction of sp³-hybridized carbons (Fsp3) is 0.765. The molecule has 0 saturated carbocycles. The number of nitrogens with zero attached hydrogens (tertiary/aromatic N) is 2. The molecule has 0 radical (unpaired) electrons. The lowest BCUT2D eigenvalue weighted by molar-refractivity contribution is 0.185. The third kappa shape index (κ3) is 4.48. The minimum atomic E-state index is 0.459. The summed E-state index contributed by atoms with van der Waals surface area (Å²) in [6.07, 6.45) is 3.26. The van der Waals surface area contributed by atoms with Gasteiger partial charge in [-0.05, 0) is 50.6 Å². The average Bonchev–Trinajstić information content (AvgIpc) is 2.91. The Kier molecular flexibility index (Phi) is 6.12. The maximum atomic E-state index is 5.44. The van der Waals surface area contributed by atoms with Crippen LogP contribution in [-0.2, 0) is 11.2 Å². The number of ether oxygens (including phenoxy) is 1. The van der Waals surface area contributed by atoms with Crippen LogP contribution in [0.15, 0.2) is 0 Å². The van der Waals surface area contributed by atoms with Crippen molar-refractivity contribution < 1.29 is 4.74 Å². The summed E-state index contributed by atoms with van der Waals surface area (Å²) in [6, 6.07) is 0. The Labute approximate surface area is 128 Å². The highest BCUT2D eigenvalue weighted by Crippen LogP contribution is 2.23. The first-order valence-electron chi connectivity index (χ1n) is 8.24. The molecule has 21 heavy (non-hydrogen) atoms. The summed E-state index contributed by atoms with van der Waals surface area (Å²) in [4.78, 5) is 9.50. The zero-order valence-corrected chi connectivity index (χ0v) is 13.9. The van der Waals surface area contributed by atoms with E-state index >= 15 is 0 Å². The number of aryl methyl sites for hydroxylation is 2. The van der Waals surface area contributed by atoms with Gasteiger partial charge >= 0.3 is 0 Å². The second-order valence-electron chi connectivity index (χ2n) is 6.26. The zero-order valence-electron chi connectivity index (χ0n) is 13.9. The molecule has 1 N–H and O–H groups in total. The highest BCUT2D eigenvalue weighted by molar-refractivity contribution is 5.28. The molecule has 2 atom stereocenters. The van der Waals surface area contributed by atoms with Crippen molar-refractivity contribution in [3.05, 3.63) is 22.8 Å². The van der Waals surface area contributed by atoms with E-state index in [9.17, 15) is 0 Å². The molecular weight excluding hydrogens is 262 g/mol. The van der Waals surface area contributed by atoms with Gasteiger partial charge in [0.15, 0.2) is 0 Å². The maximum absolute atomic E-state index is 5.44. The van der Waals surface area contributed by atoms with Crippen LogP contribution in [0.5, 0.6) is 0 Å². The van der Waals surface area contributed by atoms with E-state index in [1.807, 2.05) is 0 Å². The van der Waals surface area contributed by atoms with Crippen molar-refractivity contribution in [1.82, 2.24) is 15.3 Å². The Balaban J connectivity index is 2.05. The van der Waals surface area contributed by atoms with Crippen LogP contribution in [0.2, 0.25) is 0 Å². The van der Waals surface area contributed by atoms with Crippen LogP contribution >= 0.6 is 0 Å². The van der Waals surface area contributed by atoms with Crippen molar-refractivity contribution in [1.29, 1.82) is 0 Å². The van der Waals surface area contributed by atoms with Gasteiger partial charge in [0.2, 0.25) is 0 Å². The Morgan fingerprint density at radius 2 is 2.00 bits per heavy atom. The largest absolute Gasteiger partial charge is 0.381 e. The SMILES string of the molecule is CCCNCC(C)c1c(C)nc(CC2CCOC2)nc1C. The molecule has 118 valence electrons. The highest BCUT2D eigenvalue weighted by atomic mass is 16.5. The van der Waals surface area contributed by atoms with Gasteiger partial charge in [-0.3, -0.25) is 0 Å². The van der Waals surface area contributed by atoms with E-state index in [-0.39, 0.29) is 0 Å². The number of hydrogen-bond acceptors (Lipinski definition) is 4. The summed E-state index contributed by atoms with van der Waals surface area (Å²) in [6.45, 7) is 12.5. The molecule has 2 heterocycles. The summed E-state index contributed by atoms with van der Waals surface area (Å²) in [5.41, 5.74) is 3.59. The molecule has 0 amide bonds. The van der Waals surface area contributed by atoms with E-state index in [2.05, 4.69) is 33.0 Å². The van der Waals surface area contributed by atoms with Gasteiger partial charge in [-0.25, -0.2) is 9.97 Å². The smallest absolute Gasteiger partial charge is 0.129 e. The van der Waals surface area contributed by atoms with E-state index in [0.717, 1.165) is 56.4 Å². The monoisotopic (exact) mass is 291 g/mol. The van der Waals surface area contributed by atoms with Crippen molar-refractivity contribution in [2.75, 3.05) is 26.3 Å². The van der Waals surface area contributed by atoms with E-state index in [1.54, 1.807) is 0 Å². The maximum Gasteiger partial charge on any atom is 0.129 e. The van der Waals surface area contributed by atoms with Gasteiger partial charge in [-0.2, -0.15) is 0 Å². The molecule has 0 spiro atoms. The second kappa shape index (κ2) is 7.85. The van der Waals surface area contributed by atoms with Crippen LogP contribution in [0, 0.1) is 19.8 Å². The van der Waals surface area contributed by atoms with E-state index in [4.69, 9.17) is 14.7 Å². The summed E-state index contributed by atoms with van der Waals surface area (Å²) >= 11 is 0. The fourth-order valence-electron chi connectivity index (χ4n) is 3.20. The van der Waals surface area contributed by atoms with Crippen molar-refractivity contribution in [2.24, 2.45) is 5.92 Å². The molecule has 0 aromatic carbocycles. The molecule has 0 bridgehead atoms. The van der Waals surface area contributed by atoms with Crippen molar-refractivity contribution in [3.8, 4) is 0 Å². The van der Waals surface area contributed by atoms with Gasteiger partial charge in [0.1, 0.15) is 5.82 Å². The Bertz CT molecular complexity index is 432. The first-order chi connectivity index (χ1) is 10.1. The van der Waals surface area contributed by atoms with Crippen LogP contribution in [-0.4, -0.2) is 36.3 Å². The number of hydrogen-bond donors (Lipinski definition) is 1. The van der Waals surface area contributed by atoms with Gasteiger partial charge in [0, 0.05) is 37.6 Å². The second-order valence-corrected chi connectivity index (χ2v) is 6.26. The third-order valence-corrected chi connectivity index (χ3v) is 4.24. The highest BCUT2D eigenvalue weighted by Gasteiger charge is 2.20. The van der Waals surface area contributed by atoms with E-state index in [1.165, 1.54) is 12.0 Å². The van der Waals surface area contributed by atoms with Crippen molar-refractivity contribution >= 4 is 0 Å². The predicted molar refractivity (Wildman–Crippen MR) is 85.7 cm³/mol. The van der Waals surface area contributed by atoms with E-state index in [0.29, 0.717) is 11.8 Å². The van der Waals surface area contributed by atoms with Crippen LogP contribution in [0.1, 0.15) is 55.4 Å². The minimum Gasteiger partial charge on any atom is -0.381 e. The molecule has 4 heteroatoms. The van der Waals surface area contributed by atoms with Gasteiger partial charge in [-0.1, -0.05) is 13.8 Å². The Morgan fingerprint density at radius 3 is 2.57 bits per heavy atom. The topological polar surface area (TPSA) is 47.0 Å². The third-order valence-electron chi connectivity index (χ3n) is 4.24. The fourth-order valence-corrected chi connectivity index (χ4v) is 3.20. The number of nitrogens with one attached hydrogen (secondary N) is 1. The molecule has 0 aliphatic carbocycles. The molecule has 1 aliphatic heterocycles. The summed E-state index contributed by atoms with van der Waals surface area (Å²) < 4.78 is 5.44. The van der Waals surface area contributed by atoms with Crippen LogP contribution in [0.3, 0.4) is 0 Å². The standard InChI is InChI=1S/C17H29N3O/c1-5-7-18-10-12(2)17-13(3)19-16(20-14(17)4)9-15-6-8-21-11-15/h12,15,18H,5-11H2,1-4H3. The normalized spacial score (nSPS) is 19.9. The molecular formula is C17H29N3O. The molecule has 4 nitrogen and oxygen atoms in total. The van der Waals surface area contributed by atoms with Gasteiger partial charge in [-0.15, -0.1) is 0 Å². The summed E-state index contributed by atoms with van der Waals surface area (Å²) in [7, 11) is 0. The average molecular weight is 291 g/mol. The summed E-state index contributed by atoms with van der Waals surface area (Å²) in [5, 5.41) is 3.49. The molecule has 1 aromatic rings. The molecule has 2 unspecified atom stereocenters. The first kappa shape index (κ1) is 16.4. The molecule has 1 aromatic heterocycles. The van der Waals surface area contributed by atoms with Gasteiger partial charge in [0.05, 0.1) is 0 Å². The number of aromatic nitrogens is 2. The number of rotatable bonds is 7. The minimum absolute atomic E-state index is 0.459. The summed E-state index contributed by atoms with van der Waals surface area (Å²) in [5.74, 6) is 2.04. The quantitative estimate of drug-likeness (QED) is 0.785. The van der Waals surface area contributed by atoms with Gasteiger partial charge in [0.25, 0.3) is 0 Å². The first-order valence-corrected chi connectivity index (χ1v) is 8.24. The Morgan fingerprint density at radius 1 is 1.29 bits per heavy atom. The predicted octanol–water partition coefficient (Wildman–Crippen LogP) is 2.78. The van der Waals surface area contributed by atoms with Crippen molar-refractivity contribution in [2.45, 2.75) is 52.9 Å². The molecule has 1 fully saturated rings. The van der Waals surface area contributed by atoms with Crippen LogP contribution in [0.25, 0.3) is 0 Å². The lowest BCUT2D eigenvalue weighted by Crippen LogP contribution is -2.22. The lowest BCUT2D eigenvalue weighted by atomic mass is 9.97. The Hall–Kier alpha value is -1.00. The van der Waals surface area contributed by atoms with Crippen molar-refractivity contribution in [3.63, 3.8) is 0 Å². The van der Waals surface area contributed by atoms with Crippen LogP contribution in [0.4, 0.5) is 0 Å². The van der Waals surface area contributed by atoms with Gasteiger partial charge < -0.3 is 10.1 Å². The molecule has 1 saturated heterocycles. The molecule has 1 aliphatic rings. The molecule has 2 rings (SSSR count). The van der Waals surface area contributed by atoms with Crippen LogP contribution < -0.4 is 5.32 Å². The zero-order chi connectivity index (χ0) is 15.2.